The van der Waals surface area contributed by atoms with E-state index in [1.54, 1.807) is 13.1 Å². The molecule has 94 valence electrons. The predicted molar refractivity (Wildman–Crippen MR) is 64.5 cm³/mol. The van der Waals surface area contributed by atoms with Crippen LogP contribution in [-0.2, 0) is 15.1 Å². The zero-order valence-corrected chi connectivity index (χ0v) is 10.9. The molecule has 1 aromatic heterocycles. The number of thiazole rings is 1. The van der Waals surface area contributed by atoms with Crippen LogP contribution >= 0.6 is 11.3 Å². The van der Waals surface area contributed by atoms with Crippen molar-refractivity contribution < 1.29 is 14.6 Å². The van der Waals surface area contributed by atoms with Crippen LogP contribution in [0.15, 0.2) is 11.6 Å². The van der Waals surface area contributed by atoms with Gasteiger partial charge in [-0.25, -0.2) is 4.98 Å². The van der Waals surface area contributed by atoms with Gasteiger partial charge < -0.3 is 9.84 Å². The second-order valence-electron chi connectivity index (χ2n) is 4.71. The number of hydrogen-bond donors (Lipinski definition) is 1. The SMILES string of the molecule is COC(=O)C1CC[C@H]([C@](C)(O)c2nccs2)C1. The number of carbonyl (C=O) groups is 1. The molecule has 0 spiro atoms. The van der Waals surface area contributed by atoms with Crippen molar-refractivity contribution in [3.63, 3.8) is 0 Å². The van der Waals surface area contributed by atoms with Crippen molar-refractivity contribution in [2.45, 2.75) is 31.8 Å². The van der Waals surface area contributed by atoms with Crippen molar-refractivity contribution in [3.05, 3.63) is 16.6 Å². The first-order valence-corrected chi connectivity index (χ1v) is 6.64. The molecule has 1 heterocycles. The van der Waals surface area contributed by atoms with Crippen LogP contribution in [0.4, 0.5) is 0 Å². The second kappa shape index (κ2) is 4.74. The summed E-state index contributed by atoms with van der Waals surface area (Å²) in [7, 11) is 1.41. The normalized spacial score (nSPS) is 27.7. The number of methoxy groups -OCH3 is 1. The van der Waals surface area contributed by atoms with Gasteiger partial charge in [-0.15, -0.1) is 11.3 Å². The molecule has 1 saturated carbocycles. The maximum atomic E-state index is 11.5. The van der Waals surface area contributed by atoms with Gasteiger partial charge in [-0.1, -0.05) is 0 Å². The summed E-state index contributed by atoms with van der Waals surface area (Å²) in [4.78, 5) is 15.6. The third-order valence-electron chi connectivity index (χ3n) is 3.63. The Morgan fingerprint density at radius 2 is 2.41 bits per heavy atom. The van der Waals surface area contributed by atoms with Gasteiger partial charge in [-0.3, -0.25) is 4.79 Å². The Hall–Kier alpha value is -0.940. The minimum absolute atomic E-state index is 0.0727. The highest BCUT2D eigenvalue weighted by Crippen LogP contribution is 2.43. The Morgan fingerprint density at radius 3 is 3.00 bits per heavy atom. The lowest BCUT2D eigenvalue weighted by Gasteiger charge is -2.27. The highest BCUT2D eigenvalue weighted by atomic mass is 32.1. The first-order valence-electron chi connectivity index (χ1n) is 5.76. The Balaban J connectivity index is 2.08. The molecule has 1 N–H and O–H groups in total. The number of carbonyl (C=O) groups excluding carboxylic acids is 1. The van der Waals surface area contributed by atoms with Gasteiger partial charge in [0.15, 0.2) is 0 Å². The average molecular weight is 255 g/mol. The van der Waals surface area contributed by atoms with Crippen molar-refractivity contribution in [1.82, 2.24) is 4.98 Å². The number of aromatic nitrogens is 1. The van der Waals surface area contributed by atoms with E-state index in [9.17, 15) is 9.90 Å². The Morgan fingerprint density at radius 1 is 1.65 bits per heavy atom. The van der Waals surface area contributed by atoms with Crippen molar-refractivity contribution >= 4 is 17.3 Å². The molecule has 0 amide bonds. The summed E-state index contributed by atoms with van der Waals surface area (Å²) in [6.07, 6.45) is 4.01. The van der Waals surface area contributed by atoms with E-state index in [-0.39, 0.29) is 17.8 Å². The van der Waals surface area contributed by atoms with Crippen molar-refractivity contribution in [2.75, 3.05) is 7.11 Å². The summed E-state index contributed by atoms with van der Waals surface area (Å²) in [5, 5.41) is 13.1. The molecular weight excluding hydrogens is 238 g/mol. The molecular formula is C12H17NO3S. The average Bonchev–Trinajstić information content (AvgIpc) is 2.98. The Bertz CT molecular complexity index is 388. The maximum absolute atomic E-state index is 11.5. The highest BCUT2D eigenvalue weighted by molar-refractivity contribution is 7.09. The van der Waals surface area contributed by atoms with Crippen LogP contribution in [0.2, 0.25) is 0 Å². The summed E-state index contributed by atoms with van der Waals surface area (Å²) >= 11 is 1.45. The lowest BCUT2D eigenvalue weighted by atomic mass is 9.87. The molecule has 1 aliphatic rings. The van der Waals surface area contributed by atoms with Crippen molar-refractivity contribution in [3.8, 4) is 0 Å². The standard InChI is InChI=1S/C12H17NO3S/c1-12(15,11-13-5-6-17-11)9-4-3-8(7-9)10(14)16-2/h5-6,8-9,15H,3-4,7H2,1-2H3/t8?,9-,12-/m0/s1. The van der Waals surface area contributed by atoms with E-state index in [2.05, 4.69) is 4.98 Å². The van der Waals surface area contributed by atoms with Gasteiger partial charge in [0.25, 0.3) is 0 Å². The Labute approximate surface area is 105 Å². The van der Waals surface area contributed by atoms with Gasteiger partial charge in [-0.05, 0) is 32.1 Å². The smallest absolute Gasteiger partial charge is 0.308 e. The lowest BCUT2D eigenvalue weighted by Crippen LogP contribution is -2.30. The molecule has 0 saturated heterocycles. The van der Waals surface area contributed by atoms with Crippen LogP contribution in [0.5, 0.6) is 0 Å². The molecule has 2 rings (SSSR count). The molecule has 1 aliphatic carbocycles. The van der Waals surface area contributed by atoms with Crippen LogP contribution in [0.25, 0.3) is 0 Å². The van der Waals surface area contributed by atoms with Crippen LogP contribution in [0.3, 0.4) is 0 Å². The number of nitrogens with zero attached hydrogens (tertiary/aromatic N) is 1. The second-order valence-corrected chi connectivity index (χ2v) is 5.61. The minimum atomic E-state index is -0.934. The molecule has 1 unspecified atom stereocenters. The molecule has 1 aromatic rings. The molecule has 17 heavy (non-hydrogen) atoms. The summed E-state index contributed by atoms with van der Waals surface area (Å²) < 4.78 is 4.75. The van der Waals surface area contributed by atoms with Gasteiger partial charge >= 0.3 is 5.97 Å². The number of esters is 1. The number of hydrogen-bond acceptors (Lipinski definition) is 5. The highest BCUT2D eigenvalue weighted by Gasteiger charge is 2.42. The summed E-state index contributed by atoms with van der Waals surface area (Å²) in [6, 6.07) is 0. The van der Waals surface area contributed by atoms with E-state index in [1.807, 2.05) is 5.38 Å². The first kappa shape index (κ1) is 12.5. The monoisotopic (exact) mass is 255 g/mol. The van der Waals surface area contributed by atoms with Gasteiger partial charge in [0, 0.05) is 11.6 Å². The maximum Gasteiger partial charge on any atom is 0.308 e. The zero-order valence-electron chi connectivity index (χ0n) is 10.0. The van der Waals surface area contributed by atoms with Crippen LogP contribution in [-0.4, -0.2) is 23.2 Å². The number of ether oxygens (including phenoxy) is 1. The fourth-order valence-corrected chi connectivity index (χ4v) is 3.30. The van der Waals surface area contributed by atoms with E-state index in [0.717, 1.165) is 17.8 Å². The van der Waals surface area contributed by atoms with Crippen LogP contribution in [0.1, 0.15) is 31.2 Å². The third-order valence-corrected chi connectivity index (χ3v) is 4.63. The Kier molecular flexibility index (Phi) is 3.49. The fourth-order valence-electron chi connectivity index (χ4n) is 2.52. The lowest BCUT2D eigenvalue weighted by molar-refractivity contribution is -0.145. The summed E-state index contributed by atoms with van der Waals surface area (Å²) in [5.41, 5.74) is -0.934. The van der Waals surface area contributed by atoms with Crippen molar-refractivity contribution in [2.24, 2.45) is 11.8 Å². The summed E-state index contributed by atoms with van der Waals surface area (Å²) in [5.74, 6) is -0.156. The molecule has 0 radical (unpaired) electrons. The predicted octanol–water partition coefficient (Wildman–Crippen LogP) is 1.94. The van der Waals surface area contributed by atoms with E-state index in [0.29, 0.717) is 6.42 Å². The van der Waals surface area contributed by atoms with Gasteiger partial charge in [-0.2, -0.15) is 0 Å². The fraction of sp³-hybridized carbons (Fsp3) is 0.667. The van der Waals surface area contributed by atoms with Gasteiger partial charge in [0.05, 0.1) is 13.0 Å². The quantitative estimate of drug-likeness (QED) is 0.839. The van der Waals surface area contributed by atoms with Gasteiger partial charge in [0.2, 0.25) is 0 Å². The zero-order chi connectivity index (χ0) is 12.5. The molecule has 0 aromatic carbocycles. The van der Waals surface area contributed by atoms with E-state index >= 15 is 0 Å². The first-order chi connectivity index (χ1) is 8.05. The van der Waals surface area contributed by atoms with Crippen LogP contribution < -0.4 is 0 Å². The largest absolute Gasteiger partial charge is 0.469 e. The molecule has 4 nitrogen and oxygen atoms in total. The van der Waals surface area contributed by atoms with Gasteiger partial charge in [0.1, 0.15) is 10.6 Å². The third kappa shape index (κ3) is 2.35. The van der Waals surface area contributed by atoms with E-state index in [1.165, 1.54) is 18.4 Å². The molecule has 0 aliphatic heterocycles. The topological polar surface area (TPSA) is 59.4 Å². The number of aliphatic hydroxyl groups is 1. The van der Waals surface area contributed by atoms with Crippen molar-refractivity contribution in [1.29, 1.82) is 0 Å². The molecule has 1 fully saturated rings. The summed E-state index contributed by atoms with van der Waals surface area (Å²) in [6.45, 7) is 1.79. The van der Waals surface area contributed by atoms with E-state index in [4.69, 9.17) is 4.74 Å². The molecule has 0 bridgehead atoms. The van der Waals surface area contributed by atoms with Crippen LogP contribution in [0, 0.1) is 11.8 Å². The molecule has 5 heteroatoms. The minimum Gasteiger partial charge on any atom is -0.469 e. The van der Waals surface area contributed by atoms with E-state index < -0.39 is 5.60 Å². The number of rotatable bonds is 3. The molecule has 3 atom stereocenters.